The van der Waals surface area contributed by atoms with Crippen LogP contribution in [0.5, 0.6) is 0 Å². The Morgan fingerprint density at radius 3 is 2.95 bits per heavy atom. The minimum absolute atomic E-state index is 0.251. The van der Waals surface area contributed by atoms with Gasteiger partial charge in [0.05, 0.1) is 28.3 Å². The molecule has 0 spiro atoms. The van der Waals surface area contributed by atoms with Crippen LogP contribution >= 0.6 is 11.3 Å². The van der Waals surface area contributed by atoms with E-state index in [0.29, 0.717) is 5.13 Å². The molecular formula is C14H12N6OS. The van der Waals surface area contributed by atoms with Gasteiger partial charge in [0.1, 0.15) is 5.69 Å². The van der Waals surface area contributed by atoms with E-state index in [0.717, 1.165) is 21.5 Å². The van der Waals surface area contributed by atoms with Gasteiger partial charge in [0.25, 0.3) is 5.91 Å². The van der Waals surface area contributed by atoms with Gasteiger partial charge in [-0.1, -0.05) is 17.4 Å². The summed E-state index contributed by atoms with van der Waals surface area (Å²) in [4.78, 5) is 24.5. The van der Waals surface area contributed by atoms with Crippen molar-refractivity contribution in [2.75, 3.05) is 5.32 Å². The molecule has 0 radical (unpaired) electrons. The fourth-order valence-electron chi connectivity index (χ4n) is 1.83. The molecule has 0 saturated heterocycles. The van der Waals surface area contributed by atoms with Crippen molar-refractivity contribution in [3.8, 4) is 0 Å². The maximum absolute atomic E-state index is 12.1. The number of fused-ring (bicyclic) bond motifs is 1. The number of thiazole rings is 1. The van der Waals surface area contributed by atoms with Crippen molar-refractivity contribution in [1.29, 1.82) is 0 Å². The molecule has 3 aromatic rings. The largest absolute Gasteiger partial charge is 0.323 e. The van der Waals surface area contributed by atoms with Gasteiger partial charge in [-0.2, -0.15) is 5.10 Å². The molecule has 7 nitrogen and oxygen atoms in total. The van der Waals surface area contributed by atoms with E-state index >= 15 is 0 Å². The van der Waals surface area contributed by atoms with Crippen molar-refractivity contribution in [2.24, 2.45) is 10.9 Å². The quantitative estimate of drug-likeness (QED) is 0.437. The lowest BCUT2D eigenvalue weighted by molar-refractivity contribution is 0.102. The second kappa shape index (κ2) is 5.86. The molecule has 8 heteroatoms. The van der Waals surface area contributed by atoms with Crippen LogP contribution in [0.4, 0.5) is 5.13 Å². The Bertz CT molecular complexity index is 855. The third-order valence-electron chi connectivity index (χ3n) is 2.87. The van der Waals surface area contributed by atoms with E-state index in [2.05, 4.69) is 25.4 Å². The Balaban J connectivity index is 1.84. The van der Waals surface area contributed by atoms with E-state index in [1.807, 2.05) is 25.1 Å². The molecule has 110 valence electrons. The summed E-state index contributed by atoms with van der Waals surface area (Å²) in [7, 11) is 0. The number of hydrazone groups is 1. The average molecular weight is 312 g/mol. The summed E-state index contributed by atoms with van der Waals surface area (Å²) >= 11 is 1.37. The van der Waals surface area contributed by atoms with E-state index in [1.165, 1.54) is 17.5 Å². The fraction of sp³-hybridized carbons (Fsp3) is 0.0714. The number of nitrogens with one attached hydrogen (secondary N) is 1. The molecule has 2 aromatic heterocycles. The summed E-state index contributed by atoms with van der Waals surface area (Å²) in [6.07, 6.45) is 4.54. The maximum Gasteiger partial charge on any atom is 0.277 e. The van der Waals surface area contributed by atoms with Crippen LogP contribution in [0.15, 0.2) is 35.7 Å². The average Bonchev–Trinajstić information content (AvgIpc) is 2.89. The zero-order valence-electron chi connectivity index (χ0n) is 11.6. The number of aryl methyl sites for hydroxylation is 1. The first-order valence-electron chi connectivity index (χ1n) is 6.39. The van der Waals surface area contributed by atoms with Gasteiger partial charge >= 0.3 is 0 Å². The highest BCUT2D eigenvalue weighted by Gasteiger charge is 2.11. The predicted octanol–water partition coefficient (Wildman–Crippen LogP) is 1.94. The van der Waals surface area contributed by atoms with Crippen molar-refractivity contribution >= 4 is 38.8 Å². The van der Waals surface area contributed by atoms with Crippen LogP contribution < -0.4 is 11.2 Å². The summed E-state index contributed by atoms with van der Waals surface area (Å²) in [6, 6.07) is 5.62. The summed E-state index contributed by atoms with van der Waals surface area (Å²) in [5, 5.41) is 6.72. The van der Waals surface area contributed by atoms with Crippen LogP contribution in [-0.4, -0.2) is 27.1 Å². The Kier molecular flexibility index (Phi) is 3.75. The first kappa shape index (κ1) is 14.1. The number of hydrogen-bond acceptors (Lipinski definition) is 7. The van der Waals surface area contributed by atoms with Crippen molar-refractivity contribution in [3.05, 3.63) is 47.5 Å². The van der Waals surface area contributed by atoms with Crippen LogP contribution in [0.1, 0.15) is 21.7 Å². The fourth-order valence-corrected chi connectivity index (χ4v) is 2.74. The number of benzene rings is 1. The molecule has 3 rings (SSSR count). The molecule has 2 heterocycles. The summed E-state index contributed by atoms with van der Waals surface area (Å²) in [5.41, 5.74) is 2.68. The molecule has 0 atom stereocenters. The zero-order valence-corrected chi connectivity index (χ0v) is 12.5. The van der Waals surface area contributed by atoms with Gasteiger partial charge in [0.2, 0.25) is 0 Å². The van der Waals surface area contributed by atoms with E-state index < -0.39 is 0 Å². The smallest absolute Gasteiger partial charge is 0.277 e. The number of anilines is 1. The molecule has 0 saturated carbocycles. The number of amides is 1. The normalized spacial score (nSPS) is 11.1. The summed E-state index contributed by atoms with van der Waals surface area (Å²) in [5.74, 6) is 4.80. The van der Waals surface area contributed by atoms with Crippen LogP contribution in [0.25, 0.3) is 10.2 Å². The lowest BCUT2D eigenvalue weighted by Gasteiger charge is -2.00. The van der Waals surface area contributed by atoms with Gasteiger partial charge < -0.3 is 5.84 Å². The van der Waals surface area contributed by atoms with Gasteiger partial charge in [0, 0.05) is 6.20 Å². The van der Waals surface area contributed by atoms with E-state index in [4.69, 9.17) is 5.84 Å². The number of hydrogen-bond donors (Lipinski definition) is 2. The number of carbonyl (C=O) groups excluding carboxylic acids is 1. The SMILES string of the molecule is Cc1cnc(C(=O)Nc2nc3ccc(C=NN)cc3s2)cn1. The van der Waals surface area contributed by atoms with Gasteiger partial charge in [-0.3, -0.25) is 15.1 Å². The molecule has 1 aromatic carbocycles. The zero-order chi connectivity index (χ0) is 15.5. The molecular weight excluding hydrogens is 300 g/mol. The lowest BCUT2D eigenvalue weighted by atomic mass is 10.2. The van der Waals surface area contributed by atoms with E-state index in [9.17, 15) is 4.79 Å². The standard InChI is InChI=1S/C14H12N6OS/c1-8-5-17-11(7-16-8)13(21)20-14-19-10-3-2-9(6-18-15)4-12(10)22-14/h2-7H,15H2,1H3,(H,19,20,21). The van der Waals surface area contributed by atoms with Crippen molar-refractivity contribution in [2.45, 2.75) is 6.92 Å². The van der Waals surface area contributed by atoms with E-state index in [1.54, 1.807) is 12.4 Å². The minimum Gasteiger partial charge on any atom is -0.323 e. The highest BCUT2D eigenvalue weighted by molar-refractivity contribution is 7.22. The second-order valence-electron chi connectivity index (χ2n) is 4.52. The number of nitrogens with zero attached hydrogens (tertiary/aromatic N) is 4. The van der Waals surface area contributed by atoms with Crippen LogP contribution in [0, 0.1) is 6.92 Å². The second-order valence-corrected chi connectivity index (χ2v) is 5.55. The van der Waals surface area contributed by atoms with Crippen molar-refractivity contribution < 1.29 is 4.79 Å². The van der Waals surface area contributed by atoms with Crippen LogP contribution in [0.3, 0.4) is 0 Å². The summed E-state index contributed by atoms with van der Waals surface area (Å²) in [6.45, 7) is 1.81. The van der Waals surface area contributed by atoms with E-state index in [-0.39, 0.29) is 11.6 Å². The first-order chi connectivity index (χ1) is 10.7. The molecule has 0 unspecified atom stereocenters. The highest BCUT2D eigenvalue weighted by atomic mass is 32.1. The molecule has 1 amide bonds. The number of aromatic nitrogens is 3. The highest BCUT2D eigenvalue weighted by Crippen LogP contribution is 2.26. The van der Waals surface area contributed by atoms with Gasteiger partial charge in [0.15, 0.2) is 5.13 Å². The lowest BCUT2D eigenvalue weighted by Crippen LogP contribution is -2.13. The predicted molar refractivity (Wildman–Crippen MR) is 86.1 cm³/mol. The Morgan fingerprint density at radius 2 is 2.23 bits per heavy atom. The molecule has 0 aliphatic heterocycles. The molecule has 0 bridgehead atoms. The Morgan fingerprint density at radius 1 is 1.36 bits per heavy atom. The Labute approximate surface area is 129 Å². The number of carbonyl (C=O) groups is 1. The summed E-state index contributed by atoms with van der Waals surface area (Å²) < 4.78 is 0.933. The van der Waals surface area contributed by atoms with Gasteiger partial charge in [-0.25, -0.2) is 9.97 Å². The third-order valence-corrected chi connectivity index (χ3v) is 3.80. The number of nitrogens with two attached hydrogens (primary N) is 1. The van der Waals surface area contributed by atoms with Crippen molar-refractivity contribution in [1.82, 2.24) is 15.0 Å². The minimum atomic E-state index is -0.338. The molecule has 3 N–H and O–H groups in total. The van der Waals surface area contributed by atoms with Crippen molar-refractivity contribution in [3.63, 3.8) is 0 Å². The molecule has 22 heavy (non-hydrogen) atoms. The topological polar surface area (TPSA) is 106 Å². The molecule has 0 aliphatic rings. The van der Waals surface area contributed by atoms with Crippen LogP contribution in [-0.2, 0) is 0 Å². The Hall–Kier alpha value is -2.87. The maximum atomic E-state index is 12.1. The molecule has 0 fully saturated rings. The van der Waals surface area contributed by atoms with Gasteiger partial charge in [-0.15, -0.1) is 0 Å². The van der Waals surface area contributed by atoms with Gasteiger partial charge in [-0.05, 0) is 24.6 Å². The third kappa shape index (κ3) is 2.91. The monoisotopic (exact) mass is 312 g/mol. The molecule has 0 aliphatic carbocycles. The van der Waals surface area contributed by atoms with Crippen LogP contribution in [0.2, 0.25) is 0 Å². The first-order valence-corrected chi connectivity index (χ1v) is 7.21. The number of rotatable bonds is 3.